The lowest BCUT2D eigenvalue weighted by atomic mass is 9.60. The van der Waals surface area contributed by atoms with E-state index < -0.39 is 16.9 Å². The Morgan fingerprint density at radius 3 is 2.61 bits per heavy atom. The van der Waals surface area contributed by atoms with Crippen LogP contribution in [-0.4, -0.2) is 47.0 Å². The molecule has 0 radical (unpaired) electrons. The predicted molar refractivity (Wildman–Crippen MR) is 138 cm³/mol. The van der Waals surface area contributed by atoms with Gasteiger partial charge in [0, 0.05) is 35.3 Å². The number of carbonyl (C=O) groups excluding carboxylic acids is 2. The van der Waals surface area contributed by atoms with E-state index in [0.29, 0.717) is 17.3 Å². The number of benzene rings is 3. The number of halogens is 1. The van der Waals surface area contributed by atoms with Crippen LogP contribution in [0.5, 0.6) is 0 Å². The second kappa shape index (κ2) is 8.18. The van der Waals surface area contributed by atoms with Crippen molar-refractivity contribution in [3.05, 3.63) is 95.3 Å². The maximum atomic E-state index is 14.2. The van der Waals surface area contributed by atoms with Crippen molar-refractivity contribution < 1.29 is 14.3 Å². The Bertz CT molecular complexity index is 1500. The number of hydrogen-bond acceptors (Lipinski definition) is 5. The molecule has 0 aliphatic carbocycles. The number of hydrogen-bond donors (Lipinski definition) is 1. The Hall–Kier alpha value is -3.68. The smallest absolute Gasteiger partial charge is 0.317 e. The molecule has 0 saturated carbocycles. The van der Waals surface area contributed by atoms with Gasteiger partial charge in [-0.1, -0.05) is 54.1 Å². The summed E-state index contributed by atoms with van der Waals surface area (Å²) < 4.78 is 7.53. The molecule has 4 aromatic rings. The van der Waals surface area contributed by atoms with Crippen LogP contribution in [0.3, 0.4) is 0 Å². The maximum absolute atomic E-state index is 14.2. The van der Waals surface area contributed by atoms with Crippen LogP contribution in [0.2, 0.25) is 5.02 Å². The number of aromatic nitrogens is 2. The number of likely N-dealkylation sites (tertiary alicyclic amines) is 1. The highest BCUT2D eigenvalue weighted by Crippen LogP contribution is 2.63. The standard InChI is InChI=1S/C28H25ClN4O3/c1-32-15-21(18-11-13-19(29)14-12-18)27(26(35)36-2,16-33-17-30-23-9-5-6-10-24(23)33)28(32)20-7-3-4-8-22(20)31-25(28)34/h3-14,17,21H,15-16H2,1-2H3,(H,31,34)/t21-,27+,28+/m0/s1. The average Bonchev–Trinajstić information content (AvgIpc) is 3.52. The van der Waals surface area contributed by atoms with Gasteiger partial charge in [0.05, 0.1) is 24.5 Å². The summed E-state index contributed by atoms with van der Waals surface area (Å²) in [5.41, 5.74) is 1.47. The average molecular weight is 501 g/mol. The summed E-state index contributed by atoms with van der Waals surface area (Å²) in [5.74, 6) is -1.06. The lowest BCUT2D eigenvalue weighted by Gasteiger charge is -2.45. The first-order valence-corrected chi connectivity index (χ1v) is 12.2. The van der Waals surface area contributed by atoms with Gasteiger partial charge in [-0.25, -0.2) is 4.98 Å². The van der Waals surface area contributed by atoms with Crippen LogP contribution in [0, 0.1) is 5.41 Å². The number of rotatable bonds is 4. The van der Waals surface area contributed by atoms with E-state index in [9.17, 15) is 9.59 Å². The number of anilines is 1. The number of para-hydroxylation sites is 3. The number of likely N-dealkylation sites (N-methyl/N-ethyl adjacent to an activating group) is 1. The molecular formula is C28H25ClN4O3. The van der Waals surface area contributed by atoms with Crippen LogP contribution in [0.15, 0.2) is 79.1 Å². The zero-order chi connectivity index (χ0) is 25.1. The third-order valence-corrected chi connectivity index (χ3v) is 8.18. The Labute approximate surface area is 213 Å². The molecule has 182 valence electrons. The normalized spacial score (nSPS) is 25.3. The SMILES string of the molecule is COC(=O)[C@@]1(Cn2cnc3ccccc32)[C@H](c2ccc(Cl)cc2)CN(C)[C@]12C(=O)Nc1ccccc12. The number of nitrogens with zero attached hydrogens (tertiary/aromatic N) is 3. The molecule has 1 spiro atoms. The molecule has 6 rings (SSSR count). The molecule has 3 atom stereocenters. The summed E-state index contributed by atoms with van der Waals surface area (Å²) in [6.45, 7) is 0.657. The van der Waals surface area contributed by atoms with Crippen molar-refractivity contribution in [3.8, 4) is 0 Å². The summed E-state index contributed by atoms with van der Waals surface area (Å²) in [6.07, 6.45) is 1.74. The lowest BCUT2D eigenvalue weighted by Crippen LogP contribution is -2.60. The summed E-state index contributed by atoms with van der Waals surface area (Å²) >= 11 is 6.22. The van der Waals surface area contributed by atoms with Crippen LogP contribution in [-0.2, 0) is 26.4 Å². The molecule has 0 bridgehead atoms. The minimum atomic E-state index is -1.31. The van der Waals surface area contributed by atoms with Crippen LogP contribution < -0.4 is 5.32 Å². The molecule has 3 aromatic carbocycles. The van der Waals surface area contributed by atoms with Gasteiger partial charge in [-0.15, -0.1) is 0 Å². The summed E-state index contributed by atoms with van der Waals surface area (Å²) in [7, 11) is 3.29. The van der Waals surface area contributed by atoms with Crippen molar-refractivity contribution in [1.29, 1.82) is 0 Å². The van der Waals surface area contributed by atoms with Crippen molar-refractivity contribution in [1.82, 2.24) is 14.5 Å². The van der Waals surface area contributed by atoms with Gasteiger partial charge < -0.3 is 14.6 Å². The number of nitrogens with one attached hydrogen (secondary N) is 1. The highest BCUT2D eigenvalue weighted by Gasteiger charge is 2.74. The number of esters is 1. The molecule has 1 aromatic heterocycles. The Balaban J connectivity index is 1.68. The van der Waals surface area contributed by atoms with Gasteiger partial charge in [0.2, 0.25) is 0 Å². The Morgan fingerprint density at radius 2 is 1.83 bits per heavy atom. The minimum absolute atomic E-state index is 0.194. The molecule has 36 heavy (non-hydrogen) atoms. The van der Waals surface area contributed by atoms with Crippen LogP contribution >= 0.6 is 11.6 Å². The second-order valence-electron chi connectivity index (χ2n) is 9.52. The van der Waals surface area contributed by atoms with Crippen LogP contribution in [0.4, 0.5) is 5.69 Å². The first-order valence-electron chi connectivity index (χ1n) is 11.8. The van der Waals surface area contributed by atoms with E-state index in [1.165, 1.54) is 7.11 Å². The topological polar surface area (TPSA) is 76.5 Å². The molecule has 3 heterocycles. The van der Waals surface area contributed by atoms with Crippen molar-refractivity contribution in [2.45, 2.75) is 18.0 Å². The van der Waals surface area contributed by atoms with Gasteiger partial charge in [0.1, 0.15) is 11.0 Å². The van der Waals surface area contributed by atoms with E-state index in [-0.39, 0.29) is 18.4 Å². The molecule has 0 unspecified atom stereocenters. The van der Waals surface area contributed by atoms with Crippen molar-refractivity contribution in [2.75, 3.05) is 26.0 Å². The quantitative estimate of drug-likeness (QED) is 0.420. The van der Waals surface area contributed by atoms with E-state index in [4.69, 9.17) is 16.3 Å². The summed E-state index contributed by atoms with van der Waals surface area (Å²) in [5, 5.41) is 3.66. The van der Waals surface area contributed by atoms with Gasteiger partial charge in [-0.2, -0.15) is 0 Å². The fourth-order valence-electron chi connectivity index (χ4n) is 6.48. The third-order valence-electron chi connectivity index (χ3n) is 7.93. The fraction of sp³-hybridized carbons (Fsp3) is 0.250. The third kappa shape index (κ3) is 2.87. The summed E-state index contributed by atoms with van der Waals surface area (Å²) in [6, 6.07) is 22.9. The highest BCUT2D eigenvalue weighted by molar-refractivity contribution is 6.30. The Morgan fingerprint density at radius 1 is 1.11 bits per heavy atom. The van der Waals surface area contributed by atoms with Gasteiger partial charge in [0.15, 0.2) is 0 Å². The first kappa shape index (κ1) is 22.8. The zero-order valence-corrected chi connectivity index (χ0v) is 20.7. The van der Waals surface area contributed by atoms with Gasteiger partial charge in [-0.3, -0.25) is 14.5 Å². The Kier molecular flexibility index (Phi) is 5.17. The molecular weight excluding hydrogens is 476 g/mol. The predicted octanol–water partition coefficient (Wildman–Crippen LogP) is 4.43. The second-order valence-corrected chi connectivity index (χ2v) is 9.96. The molecule has 2 aliphatic heterocycles. The molecule has 1 fully saturated rings. The number of carbonyl (C=O) groups is 2. The molecule has 7 nitrogen and oxygen atoms in total. The summed E-state index contributed by atoms with van der Waals surface area (Å²) in [4.78, 5) is 34.9. The minimum Gasteiger partial charge on any atom is -0.468 e. The van der Waals surface area contributed by atoms with E-state index in [0.717, 1.165) is 22.2 Å². The van der Waals surface area contributed by atoms with Gasteiger partial charge in [0.25, 0.3) is 5.91 Å². The number of amides is 1. The van der Waals surface area contributed by atoms with Crippen molar-refractivity contribution >= 4 is 40.2 Å². The highest BCUT2D eigenvalue weighted by atomic mass is 35.5. The van der Waals surface area contributed by atoms with Crippen LogP contribution in [0.25, 0.3) is 11.0 Å². The fourth-order valence-corrected chi connectivity index (χ4v) is 6.60. The number of methoxy groups -OCH3 is 1. The maximum Gasteiger partial charge on any atom is 0.317 e. The number of ether oxygens (including phenoxy) is 1. The number of fused-ring (bicyclic) bond motifs is 3. The molecule has 8 heteroatoms. The molecule has 2 aliphatic rings. The van der Waals surface area contributed by atoms with Gasteiger partial charge in [-0.05, 0) is 42.9 Å². The largest absolute Gasteiger partial charge is 0.468 e. The van der Waals surface area contributed by atoms with E-state index in [1.54, 1.807) is 6.33 Å². The van der Waals surface area contributed by atoms with E-state index in [2.05, 4.69) is 10.3 Å². The van der Waals surface area contributed by atoms with E-state index in [1.807, 2.05) is 89.3 Å². The zero-order valence-electron chi connectivity index (χ0n) is 19.9. The van der Waals surface area contributed by atoms with Gasteiger partial charge >= 0.3 is 5.97 Å². The van der Waals surface area contributed by atoms with Crippen LogP contribution in [0.1, 0.15) is 17.0 Å². The lowest BCUT2D eigenvalue weighted by molar-refractivity contribution is -0.165. The monoisotopic (exact) mass is 500 g/mol. The van der Waals surface area contributed by atoms with Crippen molar-refractivity contribution in [3.63, 3.8) is 0 Å². The number of imidazole rings is 1. The molecule has 1 N–H and O–H groups in total. The van der Waals surface area contributed by atoms with Crippen molar-refractivity contribution in [2.24, 2.45) is 5.41 Å². The van der Waals surface area contributed by atoms with E-state index >= 15 is 0 Å². The molecule has 1 amide bonds. The first-order chi connectivity index (χ1) is 17.4. The molecule has 1 saturated heterocycles.